The van der Waals surface area contributed by atoms with Crippen molar-refractivity contribution in [2.24, 2.45) is 0 Å². The van der Waals surface area contributed by atoms with Crippen LogP contribution in [0.1, 0.15) is 12.8 Å². The molecule has 2 rings (SSSR count). The smallest absolute Gasteiger partial charge is 0.254 e. The standard InChI is InChI=1S/C9H14N2O2/c1-11-5-2-8(3-6-11)13-9-4-7-12-10-9/h4,7-8H,2-3,5-6H2,1H3. The molecule has 0 radical (unpaired) electrons. The van der Waals surface area contributed by atoms with Gasteiger partial charge in [-0.15, -0.1) is 0 Å². The number of rotatable bonds is 2. The van der Waals surface area contributed by atoms with Crippen LogP contribution in [0.5, 0.6) is 5.88 Å². The van der Waals surface area contributed by atoms with Crippen molar-refractivity contribution in [3.63, 3.8) is 0 Å². The Morgan fingerprint density at radius 3 is 2.92 bits per heavy atom. The van der Waals surface area contributed by atoms with E-state index in [2.05, 4.69) is 17.1 Å². The van der Waals surface area contributed by atoms with Gasteiger partial charge in [0.2, 0.25) is 0 Å². The van der Waals surface area contributed by atoms with E-state index in [0.29, 0.717) is 12.0 Å². The largest absolute Gasteiger partial charge is 0.472 e. The summed E-state index contributed by atoms with van der Waals surface area (Å²) in [6.45, 7) is 2.20. The number of piperidine rings is 1. The van der Waals surface area contributed by atoms with Gasteiger partial charge in [0.1, 0.15) is 12.4 Å². The van der Waals surface area contributed by atoms with Crippen molar-refractivity contribution in [1.29, 1.82) is 0 Å². The molecule has 4 heteroatoms. The maximum Gasteiger partial charge on any atom is 0.254 e. The van der Waals surface area contributed by atoms with E-state index < -0.39 is 0 Å². The van der Waals surface area contributed by atoms with Crippen LogP contribution in [0.4, 0.5) is 0 Å². The Kier molecular flexibility index (Phi) is 2.49. The number of likely N-dealkylation sites (tertiary alicyclic amines) is 1. The second-order valence-electron chi connectivity index (χ2n) is 3.46. The molecule has 1 aliphatic rings. The second kappa shape index (κ2) is 3.79. The first-order valence-corrected chi connectivity index (χ1v) is 4.60. The zero-order chi connectivity index (χ0) is 9.10. The molecule has 1 aromatic rings. The van der Waals surface area contributed by atoms with E-state index in [4.69, 9.17) is 9.26 Å². The van der Waals surface area contributed by atoms with Crippen LogP contribution < -0.4 is 4.74 Å². The summed E-state index contributed by atoms with van der Waals surface area (Å²) in [4.78, 5) is 2.31. The van der Waals surface area contributed by atoms with Crippen LogP contribution in [0.3, 0.4) is 0 Å². The molecule has 0 N–H and O–H groups in total. The summed E-state index contributed by atoms with van der Waals surface area (Å²) in [5.74, 6) is 0.606. The van der Waals surface area contributed by atoms with Crippen molar-refractivity contribution in [1.82, 2.24) is 10.1 Å². The van der Waals surface area contributed by atoms with Crippen molar-refractivity contribution in [3.05, 3.63) is 12.3 Å². The second-order valence-corrected chi connectivity index (χ2v) is 3.46. The highest BCUT2D eigenvalue weighted by molar-refractivity contribution is 5.03. The molecular formula is C9H14N2O2. The van der Waals surface area contributed by atoms with E-state index in [1.54, 1.807) is 6.07 Å². The van der Waals surface area contributed by atoms with E-state index in [-0.39, 0.29) is 0 Å². The number of hydrogen-bond donors (Lipinski definition) is 0. The normalized spacial score (nSPS) is 20.4. The Balaban J connectivity index is 1.83. The summed E-state index contributed by atoms with van der Waals surface area (Å²) in [7, 11) is 2.13. The molecule has 0 unspecified atom stereocenters. The average Bonchev–Trinajstić information content (AvgIpc) is 2.62. The SMILES string of the molecule is CN1CCC(Oc2ccon2)CC1. The molecule has 1 aliphatic heterocycles. The van der Waals surface area contributed by atoms with Crippen molar-refractivity contribution in [3.8, 4) is 5.88 Å². The molecule has 0 aromatic carbocycles. The highest BCUT2D eigenvalue weighted by atomic mass is 16.5. The van der Waals surface area contributed by atoms with Crippen LogP contribution in [-0.2, 0) is 0 Å². The van der Waals surface area contributed by atoms with Crippen LogP contribution in [0.15, 0.2) is 16.9 Å². The molecule has 72 valence electrons. The molecule has 1 aromatic heterocycles. The van der Waals surface area contributed by atoms with Crippen LogP contribution in [0.25, 0.3) is 0 Å². The van der Waals surface area contributed by atoms with E-state index in [1.165, 1.54) is 6.26 Å². The van der Waals surface area contributed by atoms with Gasteiger partial charge >= 0.3 is 0 Å². The van der Waals surface area contributed by atoms with Gasteiger partial charge in [0.05, 0.1) is 0 Å². The Bertz CT molecular complexity index is 240. The third-order valence-corrected chi connectivity index (χ3v) is 2.37. The monoisotopic (exact) mass is 182 g/mol. The quantitative estimate of drug-likeness (QED) is 0.687. The summed E-state index contributed by atoms with van der Waals surface area (Å²) >= 11 is 0. The third-order valence-electron chi connectivity index (χ3n) is 2.37. The Morgan fingerprint density at radius 2 is 2.31 bits per heavy atom. The van der Waals surface area contributed by atoms with Gasteiger partial charge in [-0.1, -0.05) is 0 Å². The molecule has 0 atom stereocenters. The summed E-state index contributed by atoms with van der Waals surface area (Å²) in [6.07, 6.45) is 3.98. The molecule has 4 nitrogen and oxygen atoms in total. The number of ether oxygens (including phenoxy) is 1. The van der Waals surface area contributed by atoms with E-state index in [1.807, 2.05) is 0 Å². The summed E-state index contributed by atoms with van der Waals surface area (Å²) in [5, 5.41) is 3.72. The van der Waals surface area contributed by atoms with Crippen molar-refractivity contribution in [2.75, 3.05) is 20.1 Å². The summed E-state index contributed by atoms with van der Waals surface area (Å²) < 4.78 is 10.3. The first kappa shape index (κ1) is 8.56. The van der Waals surface area contributed by atoms with Gasteiger partial charge < -0.3 is 14.2 Å². The van der Waals surface area contributed by atoms with E-state index >= 15 is 0 Å². The molecule has 0 aliphatic carbocycles. The van der Waals surface area contributed by atoms with Gasteiger partial charge in [0, 0.05) is 19.2 Å². The van der Waals surface area contributed by atoms with Crippen molar-refractivity contribution < 1.29 is 9.26 Å². The lowest BCUT2D eigenvalue weighted by Crippen LogP contribution is -2.35. The molecule has 1 fully saturated rings. The van der Waals surface area contributed by atoms with Gasteiger partial charge in [-0.05, 0) is 25.0 Å². The van der Waals surface area contributed by atoms with Crippen LogP contribution in [0, 0.1) is 0 Å². The van der Waals surface area contributed by atoms with Crippen LogP contribution >= 0.6 is 0 Å². The predicted octanol–water partition coefficient (Wildman–Crippen LogP) is 1.15. The van der Waals surface area contributed by atoms with Crippen LogP contribution in [-0.4, -0.2) is 36.3 Å². The molecular weight excluding hydrogens is 168 g/mol. The summed E-state index contributed by atoms with van der Waals surface area (Å²) in [5.41, 5.74) is 0. The zero-order valence-electron chi connectivity index (χ0n) is 7.77. The fourth-order valence-electron chi connectivity index (χ4n) is 1.54. The minimum atomic E-state index is 0.307. The highest BCUT2D eigenvalue weighted by Crippen LogP contribution is 2.15. The third kappa shape index (κ3) is 2.21. The van der Waals surface area contributed by atoms with Crippen LogP contribution in [0.2, 0.25) is 0 Å². The lowest BCUT2D eigenvalue weighted by atomic mass is 10.1. The topological polar surface area (TPSA) is 38.5 Å². The molecule has 0 amide bonds. The zero-order valence-corrected chi connectivity index (χ0v) is 7.77. The first-order valence-electron chi connectivity index (χ1n) is 4.60. The molecule has 0 spiro atoms. The average molecular weight is 182 g/mol. The van der Waals surface area contributed by atoms with Crippen molar-refractivity contribution in [2.45, 2.75) is 18.9 Å². The fraction of sp³-hybridized carbons (Fsp3) is 0.667. The number of nitrogens with zero attached hydrogens (tertiary/aromatic N) is 2. The van der Waals surface area contributed by atoms with Gasteiger partial charge in [-0.25, -0.2) is 0 Å². The molecule has 2 heterocycles. The number of aromatic nitrogens is 1. The van der Waals surface area contributed by atoms with E-state index in [9.17, 15) is 0 Å². The summed E-state index contributed by atoms with van der Waals surface area (Å²) in [6, 6.07) is 1.75. The van der Waals surface area contributed by atoms with Crippen molar-refractivity contribution >= 4 is 0 Å². The maximum absolute atomic E-state index is 5.61. The fourth-order valence-corrected chi connectivity index (χ4v) is 1.54. The minimum Gasteiger partial charge on any atom is -0.472 e. The molecule has 0 bridgehead atoms. The van der Waals surface area contributed by atoms with Gasteiger partial charge in [0.15, 0.2) is 0 Å². The van der Waals surface area contributed by atoms with E-state index in [0.717, 1.165) is 25.9 Å². The maximum atomic E-state index is 5.61. The Hall–Kier alpha value is -1.03. The minimum absolute atomic E-state index is 0.307. The number of hydrogen-bond acceptors (Lipinski definition) is 4. The molecule has 0 saturated carbocycles. The lowest BCUT2D eigenvalue weighted by molar-refractivity contribution is 0.106. The highest BCUT2D eigenvalue weighted by Gasteiger charge is 2.18. The lowest BCUT2D eigenvalue weighted by Gasteiger charge is -2.28. The molecule has 1 saturated heterocycles. The Morgan fingerprint density at radius 1 is 1.54 bits per heavy atom. The van der Waals surface area contributed by atoms with Gasteiger partial charge in [0.25, 0.3) is 5.88 Å². The Labute approximate surface area is 77.5 Å². The first-order chi connectivity index (χ1) is 6.34. The van der Waals surface area contributed by atoms with Gasteiger partial charge in [-0.3, -0.25) is 0 Å². The predicted molar refractivity (Wildman–Crippen MR) is 47.7 cm³/mol. The molecule has 13 heavy (non-hydrogen) atoms. The van der Waals surface area contributed by atoms with Gasteiger partial charge in [-0.2, -0.15) is 0 Å².